The minimum absolute atomic E-state index is 0.144. The third-order valence-corrected chi connectivity index (χ3v) is 6.40. The van der Waals surface area contributed by atoms with Crippen molar-refractivity contribution in [3.05, 3.63) is 59.7 Å². The number of carbonyl (C=O) groups is 1. The molecule has 0 bridgehead atoms. The Morgan fingerprint density at radius 2 is 1.85 bits per heavy atom. The highest BCUT2D eigenvalue weighted by molar-refractivity contribution is 7.89. The number of benzene rings is 2. The van der Waals surface area contributed by atoms with Crippen LogP contribution in [0.25, 0.3) is 0 Å². The van der Waals surface area contributed by atoms with Gasteiger partial charge in [-0.15, -0.1) is 0 Å². The van der Waals surface area contributed by atoms with E-state index < -0.39 is 10.0 Å². The Morgan fingerprint density at radius 3 is 2.58 bits per heavy atom. The van der Waals surface area contributed by atoms with E-state index in [1.165, 1.54) is 4.31 Å². The summed E-state index contributed by atoms with van der Waals surface area (Å²) < 4.78 is 27.7. The summed E-state index contributed by atoms with van der Waals surface area (Å²) in [5, 5.41) is 0. The Hall–Kier alpha value is -2.18. The van der Waals surface area contributed by atoms with Gasteiger partial charge in [-0.1, -0.05) is 55.3 Å². The molecule has 0 spiro atoms. The van der Waals surface area contributed by atoms with E-state index in [2.05, 4.69) is 6.92 Å². The zero-order chi connectivity index (χ0) is 18.7. The quantitative estimate of drug-likeness (QED) is 0.809. The average molecular weight is 372 g/mol. The van der Waals surface area contributed by atoms with E-state index in [0.717, 1.165) is 24.0 Å². The fourth-order valence-electron chi connectivity index (χ4n) is 3.21. The van der Waals surface area contributed by atoms with Gasteiger partial charge in [-0.05, 0) is 31.0 Å². The van der Waals surface area contributed by atoms with Gasteiger partial charge in [0.2, 0.25) is 15.9 Å². The van der Waals surface area contributed by atoms with E-state index in [-0.39, 0.29) is 23.9 Å². The molecule has 0 saturated heterocycles. The van der Waals surface area contributed by atoms with Gasteiger partial charge in [0.15, 0.2) is 0 Å². The molecule has 1 amide bonds. The summed E-state index contributed by atoms with van der Waals surface area (Å²) in [4.78, 5) is 14.7. The van der Waals surface area contributed by atoms with E-state index in [9.17, 15) is 13.2 Å². The fourth-order valence-corrected chi connectivity index (χ4v) is 4.78. The summed E-state index contributed by atoms with van der Waals surface area (Å²) in [5.74, 6) is -0.181. The van der Waals surface area contributed by atoms with Crippen molar-refractivity contribution in [3.8, 4) is 0 Å². The lowest BCUT2D eigenvalue weighted by Crippen LogP contribution is -2.39. The van der Waals surface area contributed by atoms with Crippen LogP contribution >= 0.6 is 0 Å². The molecule has 3 rings (SSSR count). The Balaban J connectivity index is 2.03. The molecule has 5 nitrogen and oxygen atoms in total. The Kier molecular flexibility index (Phi) is 5.44. The largest absolute Gasteiger partial charge is 0.310 e. The van der Waals surface area contributed by atoms with Gasteiger partial charge in [0.25, 0.3) is 0 Å². The Morgan fingerprint density at radius 1 is 1.08 bits per heavy atom. The third kappa shape index (κ3) is 3.66. The number of rotatable bonds is 5. The zero-order valence-electron chi connectivity index (χ0n) is 15.2. The second kappa shape index (κ2) is 7.60. The second-order valence-corrected chi connectivity index (χ2v) is 8.54. The van der Waals surface area contributed by atoms with Crippen molar-refractivity contribution in [3.63, 3.8) is 0 Å². The van der Waals surface area contributed by atoms with Crippen LogP contribution in [-0.4, -0.2) is 31.7 Å². The van der Waals surface area contributed by atoms with Crippen LogP contribution in [0.1, 0.15) is 30.9 Å². The minimum atomic E-state index is -3.75. The molecular formula is C20H24N2O3S. The van der Waals surface area contributed by atoms with Crippen LogP contribution in [0.15, 0.2) is 53.4 Å². The first-order chi connectivity index (χ1) is 12.4. The van der Waals surface area contributed by atoms with Crippen LogP contribution in [0.3, 0.4) is 0 Å². The molecule has 0 N–H and O–H groups in total. The number of fused-ring (bicyclic) bond motifs is 1. The molecule has 2 aromatic rings. The van der Waals surface area contributed by atoms with Gasteiger partial charge in [0.1, 0.15) is 4.90 Å². The smallest absolute Gasteiger partial charge is 0.245 e. The molecule has 1 aliphatic rings. The van der Waals surface area contributed by atoms with E-state index in [1.54, 1.807) is 29.2 Å². The molecule has 0 aliphatic carbocycles. The van der Waals surface area contributed by atoms with Crippen molar-refractivity contribution in [1.82, 2.24) is 4.31 Å². The molecule has 0 aromatic heterocycles. The first-order valence-corrected chi connectivity index (χ1v) is 10.3. The molecule has 1 aliphatic heterocycles. The summed E-state index contributed by atoms with van der Waals surface area (Å²) in [6, 6.07) is 14.5. The van der Waals surface area contributed by atoms with Gasteiger partial charge in [-0.3, -0.25) is 4.79 Å². The minimum Gasteiger partial charge on any atom is -0.310 e. The van der Waals surface area contributed by atoms with Crippen LogP contribution in [-0.2, 0) is 21.4 Å². The number of sulfonamides is 1. The van der Waals surface area contributed by atoms with Crippen LogP contribution in [0.2, 0.25) is 0 Å². The molecule has 0 fully saturated rings. The van der Waals surface area contributed by atoms with Gasteiger partial charge < -0.3 is 4.90 Å². The normalized spacial score (nSPS) is 17.0. The highest BCUT2D eigenvalue weighted by Crippen LogP contribution is 2.32. The maximum atomic E-state index is 13.2. The van der Waals surface area contributed by atoms with Gasteiger partial charge in [-0.2, -0.15) is 4.31 Å². The summed E-state index contributed by atoms with van der Waals surface area (Å²) in [6.45, 7) is 4.59. The molecular weight excluding hydrogens is 348 g/mol. The monoisotopic (exact) mass is 372 g/mol. The summed E-state index contributed by atoms with van der Waals surface area (Å²) in [7, 11) is -3.75. The number of nitrogens with zero attached hydrogens (tertiary/aromatic N) is 2. The van der Waals surface area contributed by atoms with Crippen molar-refractivity contribution in [2.24, 2.45) is 0 Å². The molecule has 6 heteroatoms. The van der Waals surface area contributed by atoms with Gasteiger partial charge >= 0.3 is 0 Å². The van der Waals surface area contributed by atoms with Gasteiger partial charge in [0, 0.05) is 13.1 Å². The summed E-state index contributed by atoms with van der Waals surface area (Å²) in [5.41, 5.74) is 2.42. The lowest BCUT2D eigenvalue weighted by Gasteiger charge is -2.21. The van der Waals surface area contributed by atoms with Crippen LogP contribution in [0.5, 0.6) is 0 Å². The lowest BCUT2D eigenvalue weighted by molar-refractivity contribution is -0.118. The first-order valence-electron chi connectivity index (χ1n) is 8.88. The number of hydrogen-bond donors (Lipinski definition) is 0. The molecule has 0 saturated carbocycles. The van der Waals surface area contributed by atoms with Crippen molar-refractivity contribution >= 4 is 21.6 Å². The summed E-state index contributed by atoms with van der Waals surface area (Å²) in [6.07, 6.45) is 1.77. The number of anilines is 1. The number of para-hydroxylation sites is 1. The number of carbonyl (C=O) groups excluding carboxylic acids is 1. The topological polar surface area (TPSA) is 57.7 Å². The number of amides is 1. The Labute approximate surface area is 155 Å². The maximum Gasteiger partial charge on any atom is 0.245 e. The highest BCUT2D eigenvalue weighted by atomic mass is 32.2. The predicted molar refractivity (Wildman–Crippen MR) is 102 cm³/mol. The maximum absolute atomic E-state index is 13.2. The van der Waals surface area contributed by atoms with Gasteiger partial charge in [0.05, 0.1) is 12.2 Å². The number of hydrogen-bond acceptors (Lipinski definition) is 3. The molecule has 0 radical (unpaired) electrons. The standard InChI is InChI=1S/C20H24N2O3S/c1-3-4-12-22-18-10-5-6-11-19(18)26(24,25)21(15-20(22)23)14-17-9-7-8-16(2)13-17/h5-11,13H,3-4,12,14-15H2,1-2H3. The third-order valence-electron chi connectivity index (χ3n) is 4.56. The summed E-state index contributed by atoms with van der Waals surface area (Å²) >= 11 is 0. The number of unbranched alkanes of at least 4 members (excludes halogenated alkanes) is 1. The molecule has 2 aromatic carbocycles. The second-order valence-electron chi connectivity index (χ2n) is 6.63. The SMILES string of the molecule is CCCCN1C(=O)CN(Cc2cccc(C)c2)S(=O)(=O)c2ccccc21. The van der Waals surface area contributed by atoms with Crippen LogP contribution in [0, 0.1) is 6.92 Å². The molecule has 1 heterocycles. The predicted octanol–water partition coefficient (Wildman–Crippen LogP) is 3.33. The highest BCUT2D eigenvalue weighted by Gasteiger charge is 2.36. The van der Waals surface area contributed by atoms with Crippen LogP contribution in [0.4, 0.5) is 5.69 Å². The van der Waals surface area contributed by atoms with Crippen molar-refractivity contribution in [2.45, 2.75) is 38.1 Å². The van der Waals surface area contributed by atoms with E-state index in [0.29, 0.717) is 12.2 Å². The van der Waals surface area contributed by atoms with Crippen LogP contribution < -0.4 is 4.90 Å². The van der Waals surface area contributed by atoms with E-state index in [4.69, 9.17) is 0 Å². The van der Waals surface area contributed by atoms with Crippen molar-refractivity contribution in [1.29, 1.82) is 0 Å². The molecule has 0 atom stereocenters. The molecule has 26 heavy (non-hydrogen) atoms. The molecule has 0 unspecified atom stereocenters. The number of aryl methyl sites for hydroxylation is 1. The van der Waals surface area contributed by atoms with Crippen molar-refractivity contribution in [2.75, 3.05) is 18.0 Å². The lowest BCUT2D eigenvalue weighted by atomic mass is 10.1. The zero-order valence-corrected chi connectivity index (χ0v) is 16.0. The van der Waals surface area contributed by atoms with E-state index in [1.807, 2.05) is 31.2 Å². The van der Waals surface area contributed by atoms with Crippen molar-refractivity contribution < 1.29 is 13.2 Å². The average Bonchev–Trinajstić information content (AvgIpc) is 2.68. The van der Waals surface area contributed by atoms with Gasteiger partial charge in [-0.25, -0.2) is 8.42 Å². The first kappa shape index (κ1) is 18.6. The Bertz CT molecular complexity index is 909. The fraction of sp³-hybridized carbons (Fsp3) is 0.350. The van der Waals surface area contributed by atoms with E-state index >= 15 is 0 Å². The molecule has 138 valence electrons.